The van der Waals surface area contributed by atoms with Crippen molar-refractivity contribution in [2.24, 2.45) is 0 Å². The second-order valence-electron chi connectivity index (χ2n) is 5.53. The van der Waals surface area contributed by atoms with Crippen molar-refractivity contribution in [1.29, 1.82) is 0 Å². The minimum absolute atomic E-state index is 0.695. The molecule has 0 aliphatic heterocycles. The van der Waals surface area contributed by atoms with Gasteiger partial charge in [0.05, 0.1) is 5.52 Å². The van der Waals surface area contributed by atoms with Gasteiger partial charge in [-0.2, -0.15) is 0 Å². The number of rotatable bonds is 2. The van der Waals surface area contributed by atoms with E-state index in [-0.39, 0.29) is 0 Å². The van der Waals surface area contributed by atoms with Gasteiger partial charge in [-0.25, -0.2) is 0 Å². The van der Waals surface area contributed by atoms with Crippen molar-refractivity contribution in [1.82, 2.24) is 4.98 Å². The Morgan fingerprint density at radius 3 is 2.84 bits per heavy atom. The molecule has 98 valence electrons. The molecule has 0 bridgehead atoms. The van der Waals surface area contributed by atoms with Crippen molar-refractivity contribution in [3.63, 3.8) is 0 Å². The monoisotopic (exact) mass is 251 g/mol. The standard InChI is InChI=1S/C18H21N/c1-3-14-11-13(2)19-18-10-9-16(12-17(14)18)15-7-5-4-6-8-15/h4-5,9-12,15H,3,6-8H2,1-2H3. The van der Waals surface area contributed by atoms with Gasteiger partial charge in [-0.05, 0) is 67.9 Å². The van der Waals surface area contributed by atoms with Crippen LogP contribution in [0.25, 0.3) is 10.9 Å². The summed E-state index contributed by atoms with van der Waals surface area (Å²) in [5.74, 6) is 0.695. The molecule has 0 radical (unpaired) electrons. The lowest BCUT2D eigenvalue weighted by Crippen LogP contribution is -2.01. The van der Waals surface area contributed by atoms with Crippen molar-refractivity contribution in [3.8, 4) is 0 Å². The van der Waals surface area contributed by atoms with E-state index >= 15 is 0 Å². The van der Waals surface area contributed by atoms with Gasteiger partial charge in [-0.15, -0.1) is 0 Å². The van der Waals surface area contributed by atoms with Crippen LogP contribution in [0.3, 0.4) is 0 Å². The zero-order valence-corrected chi connectivity index (χ0v) is 11.8. The molecular weight excluding hydrogens is 230 g/mol. The van der Waals surface area contributed by atoms with E-state index in [1.165, 1.54) is 35.8 Å². The van der Waals surface area contributed by atoms with E-state index in [4.69, 9.17) is 0 Å². The molecule has 2 aromatic rings. The molecule has 1 aliphatic carbocycles. The van der Waals surface area contributed by atoms with Crippen LogP contribution in [0, 0.1) is 6.92 Å². The molecule has 0 saturated heterocycles. The summed E-state index contributed by atoms with van der Waals surface area (Å²) in [6.07, 6.45) is 9.39. The van der Waals surface area contributed by atoms with E-state index in [0.29, 0.717) is 5.92 Å². The van der Waals surface area contributed by atoms with Gasteiger partial charge < -0.3 is 0 Å². The first kappa shape index (κ1) is 12.4. The number of nitrogens with zero attached hydrogens (tertiary/aromatic N) is 1. The number of aryl methyl sites for hydroxylation is 2. The summed E-state index contributed by atoms with van der Waals surface area (Å²) in [4.78, 5) is 4.66. The third-order valence-corrected chi connectivity index (χ3v) is 4.17. The van der Waals surface area contributed by atoms with Crippen LogP contribution in [0.1, 0.15) is 48.9 Å². The van der Waals surface area contributed by atoms with Crippen LogP contribution >= 0.6 is 0 Å². The topological polar surface area (TPSA) is 12.9 Å². The van der Waals surface area contributed by atoms with Gasteiger partial charge in [0.25, 0.3) is 0 Å². The fourth-order valence-electron chi connectivity index (χ4n) is 3.10. The van der Waals surface area contributed by atoms with Gasteiger partial charge in [0.1, 0.15) is 0 Å². The number of allylic oxidation sites excluding steroid dienone is 2. The first-order valence-corrected chi connectivity index (χ1v) is 7.33. The Morgan fingerprint density at radius 1 is 1.21 bits per heavy atom. The molecule has 1 heteroatoms. The predicted octanol–water partition coefficient (Wildman–Crippen LogP) is 4.93. The summed E-state index contributed by atoms with van der Waals surface area (Å²) in [7, 11) is 0. The van der Waals surface area contributed by atoms with Crippen molar-refractivity contribution in [3.05, 3.63) is 53.2 Å². The number of fused-ring (bicyclic) bond motifs is 1. The fraction of sp³-hybridized carbons (Fsp3) is 0.389. The van der Waals surface area contributed by atoms with Crippen molar-refractivity contribution >= 4 is 10.9 Å². The SMILES string of the molecule is CCc1cc(C)nc2ccc(C3CC=CCC3)cc12. The number of benzene rings is 1. The van der Waals surface area contributed by atoms with Gasteiger partial charge in [0, 0.05) is 11.1 Å². The van der Waals surface area contributed by atoms with E-state index in [0.717, 1.165) is 17.6 Å². The lowest BCUT2D eigenvalue weighted by molar-refractivity contribution is 0.618. The first-order chi connectivity index (χ1) is 9.28. The minimum atomic E-state index is 0.695. The largest absolute Gasteiger partial charge is 0.253 e. The molecule has 3 rings (SSSR count). The second-order valence-corrected chi connectivity index (χ2v) is 5.53. The Balaban J connectivity index is 2.09. The Morgan fingerprint density at radius 2 is 2.11 bits per heavy atom. The maximum absolute atomic E-state index is 4.66. The van der Waals surface area contributed by atoms with Crippen LogP contribution in [0.4, 0.5) is 0 Å². The van der Waals surface area contributed by atoms with Crippen molar-refractivity contribution < 1.29 is 0 Å². The average Bonchev–Trinajstić information content (AvgIpc) is 2.46. The molecule has 0 fully saturated rings. The number of aromatic nitrogens is 1. The molecule has 19 heavy (non-hydrogen) atoms. The normalized spacial score (nSPS) is 18.9. The summed E-state index contributed by atoms with van der Waals surface area (Å²) in [5.41, 5.74) is 5.18. The number of hydrogen-bond acceptors (Lipinski definition) is 1. The molecule has 1 aromatic carbocycles. The lowest BCUT2D eigenvalue weighted by Gasteiger charge is -2.19. The fourth-order valence-corrected chi connectivity index (χ4v) is 3.10. The van der Waals surface area contributed by atoms with Gasteiger partial charge in [-0.1, -0.05) is 25.1 Å². The van der Waals surface area contributed by atoms with Gasteiger partial charge in [0.15, 0.2) is 0 Å². The molecule has 1 atom stereocenters. The van der Waals surface area contributed by atoms with Crippen LogP contribution in [0.2, 0.25) is 0 Å². The highest BCUT2D eigenvalue weighted by molar-refractivity contribution is 5.83. The van der Waals surface area contributed by atoms with E-state index < -0.39 is 0 Å². The maximum Gasteiger partial charge on any atom is 0.0708 e. The maximum atomic E-state index is 4.66. The Bertz CT molecular complexity index is 625. The zero-order valence-electron chi connectivity index (χ0n) is 11.8. The highest BCUT2D eigenvalue weighted by atomic mass is 14.7. The molecule has 0 amide bonds. The van der Waals surface area contributed by atoms with E-state index in [1.54, 1.807) is 0 Å². The first-order valence-electron chi connectivity index (χ1n) is 7.33. The molecule has 1 aromatic heterocycles. The lowest BCUT2D eigenvalue weighted by atomic mass is 9.86. The molecule has 0 spiro atoms. The number of hydrogen-bond donors (Lipinski definition) is 0. The Labute approximate surface area is 115 Å². The van der Waals surface area contributed by atoms with Crippen molar-refractivity contribution in [2.45, 2.75) is 45.4 Å². The third-order valence-electron chi connectivity index (χ3n) is 4.17. The van der Waals surface area contributed by atoms with Crippen LogP contribution < -0.4 is 0 Å². The molecule has 0 N–H and O–H groups in total. The molecule has 1 heterocycles. The van der Waals surface area contributed by atoms with E-state index in [1.807, 2.05) is 0 Å². The molecule has 1 nitrogen and oxygen atoms in total. The summed E-state index contributed by atoms with van der Waals surface area (Å²) in [6, 6.07) is 9.09. The van der Waals surface area contributed by atoms with Crippen LogP contribution in [0.15, 0.2) is 36.4 Å². The van der Waals surface area contributed by atoms with Gasteiger partial charge in [0.2, 0.25) is 0 Å². The van der Waals surface area contributed by atoms with Crippen LogP contribution in [-0.2, 0) is 6.42 Å². The predicted molar refractivity (Wildman–Crippen MR) is 81.6 cm³/mol. The van der Waals surface area contributed by atoms with Gasteiger partial charge in [-0.3, -0.25) is 4.98 Å². The quantitative estimate of drug-likeness (QED) is 0.690. The molecular formula is C18H21N. The van der Waals surface area contributed by atoms with Crippen molar-refractivity contribution in [2.75, 3.05) is 0 Å². The smallest absolute Gasteiger partial charge is 0.0708 e. The van der Waals surface area contributed by atoms with Crippen LogP contribution in [-0.4, -0.2) is 4.98 Å². The molecule has 1 unspecified atom stereocenters. The van der Waals surface area contributed by atoms with Gasteiger partial charge >= 0.3 is 0 Å². The minimum Gasteiger partial charge on any atom is -0.253 e. The zero-order chi connectivity index (χ0) is 13.2. The van der Waals surface area contributed by atoms with E-state index in [2.05, 4.69) is 55.2 Å². The Hall–Kier alpha value is -1.63. The molecule has 1 aliphatic rings. The highest BCUT2D eigenvalue weighted by Crippen LogP contribution is 2.31. The van der Waals surface area contributed by atoms with Crippen LogP contribution in [0.5, 0.6) is 0 Å². The third kappa shape index (κ3) is 2.42. The summed E-state index contributed by atoms with van der Waals surface area (Å²) in [5, 5.41) is 1.35. The molecule has 0 saturated carbocycles. The van der Waals surface area contributed by atoms with E-state index in [9.17, 15) is 0 Å². The summed E-state index contributed by atoms with van der Waals surface area (Å²) < 4.78 is 0. The average molecular weight is 251 g/mol. The number of pyridine rings is 1. The highest BCUT2D eigenvalue weighted by Gasteiger charge is 2.13. The second kappa shape index (κ2) is 5.16. The summed E-state index contributed by atoms with van der Waals surface area (Å²) in [6.45, 7) is 4.31. The summed E-state index contributed by atoms with van der Waals surface area (Å²) >= 11 is 0. The Kier molecular flexibility index (Phi) is 3.37.